The molecule has 1 aliphatic rings. The quantitative estimate of drug-likeness (QED) is 0.253. The van der Waals surface area contributed by atoms with E-state index in [1.165, 1.54) is 41.4 Å². The summed E-state index contributed by atoms with van der Waals surface area (Å²) < 4.78 is 14.4. The summed E-state index contributed by atoms with van der Waals surface area (Å²) in [6, 6.07) is 26.2. The van der Waals surface area contributed by atoms with Crippen LogP contribution in [-0.4, -0.2) is 18.1 Å². The van der Waals surface area contributed by atoms with Gasteiger partial charge in [-0.25, -0.2) is 0 Å². The number of rotatable bonds is 5. The molecule has 4 aromatic carbocycles. The van der Waals surface area contributed by atoms with Crippen LogP contribution in [0.1, 0.15) is 43.4 Å². The average Bonchev–Trinajstić information content (AvgIpc) is 3.29. The van der Waals surface area contributed by atoms with Gasteiger partial charge in [-0.05, 0) is 32.1 Å². The van der Waals surface area contributed by atoms with E-state index >= 15 is 0 Å². The van der Waals surface area contributed by atoms with Gasteiger partial charge in [0.25, 0.3) is 0 Å². The number of hydrogen-bond donors (Lipinski definition) is 0. The van der Waals surface area contributed by atoms with E-state index in [1.54, 1.807) is 24.2 Å². The molecule has 0 aromatic heterocycles. The van der Waals surface area contributed by atoms with Gasteiger partial charge in [-0.3, -0.25) is 0 Å². The molecular weight excluding hydrogens is 583 g/mol. The molecule has 36 heavy (non-hydrogen) atoms. The second-order valence-corrected chi connectivity index (χ2v) is 16.8. The van der Waals surface area contributed by atoms with E-state index in [0.29, 0.717) is 6.61 Å². The van der Waals surface area contributed by atoms with E-state index in [4.69, 9.17) is 9.16 Å². The van der Waals surface area contributed by atoms with Crippen molar-refractivity contribution in [2.45, 2.75) is 46.3 Å². The molecule has 0 spiro atoms. The summed E-state index contributed by atoms with van der Waals surface area (Å²) in [6.45, 7) is 13.6. The van der Waals surface area contributed by atoms with Crippen LogP contribution in [0.2, 0.25) is 19.6 Å². The first-order valence-corrected chi connectivity index (χ1v) is 16.6. The van der Waals surface area contributed by atoms with Gasteiger partial charge in [0.2, 0.25) is 8.32 Å². The Morgan fingerprint density at radius 3 is 2.11 bits per heavy atom. The third-order valence-electron chi connectivity index (χ3n) is 5.71. The monoisotopic (exact) mass is 613 g/mol. The summed E-state index contributed by atoms with van der Waals surface area (Å²) in [5, 5.41) is 5.19. The van der Waals surface area contributed by atoms with Gasteiger partial charge >= 0.3 is 41.3 Å². The molecular formula is C30H33Cl2O2SiZr-. The smallest absolute Gasteiger partial charge is 1.00 e. The molecule has 0 fully saturated rings. The molecule has 1 unspecified atom stereocenters. The molecule has 0 radical (unpaired) electrons. The average molecular weight is 616 g/mol. The molecule has 1 aliphatic carbocycles. The van der Waals surface area contributed by atoms with Crippen LogP contribution < -0.4 is 24.8 Å². The van der Waals surface area contributed by atoms with E-state index in [0.717, 1.165) is 11.5 Å². The predicted octanol–water partition coefficient (Wildman–Crippen LogP) is 2.17. The van der Waals surface area contributed by atoms with Crippen molar-refractivity contribution in [3.05, 3.63) is 95.2 Å². The van der Waals surface area contributed by atoms with Crippen LogP contribution in [0.4, 0.5) is 0 Å². The Labute approximate surface area is 243 Å². The molecule has 0 aliphatic heterocycles. The van der Waals surface area contributed by atoms with Gasteiger partial charge in [0, 0.05) is 11.5 Å². The van der Waals surface area contributed by atoms with Crippen molar-refractivity contribution in [1.82, 2.24) is 0 Å². The molecule has 188 valence electrons. The first kappa shape index (κ1) is 30.6. The van der Waals surface area contributed by atoms with E-state index in [-0.39, 0.29) is 30.7 Å². The maximum Gasteiger partial charge on any atom is -1.00 e. The first-order valence-electron chi connectivity index (χ1n) is 12.0. The zero-order chi connectivity index (χ0) is 24.5. The molecule has 1 atom stereocenters. The van der Waals surface area contributed by atoms with Crippen LogP contribution in [0.5, 0.6) is 0 Å². The molecule has 0 heterocycles. The fourth-order valence-electron chi connectivity index (χ4n) is 4.64. The number of allylic oxidation sites excluding steroid dienone is 1. The van der Waals surface area contributed by atoms with Crippen LogP contribution in [0, 0.1) is 0 Å². The Balaban J connectivity index is 0.000000710. The van der Waals surface area contributed by atoms with Gasteiger partial charge in [0.15, 0.2) is 0 Å². The number of fused-ring (bicyclic) bond motifs is 4. The third kappa shape index (κ3) is 6.45. The van der Waals surface area contributed by atoms with Crippen molar-refractivity contribution in [3.8, 4) is 0 Å². The summed E-state index contributed by atoms with van der Waals surface area (Å²) in [5.74, 6) is 1.94. The van der Waals surface area contributed by atoms with E-state index < -0.39 is 8.32 Å². The van der Waals surface area contributed by atoms with E-state index in [2.05, 4.69) is 113 Å². The molecule has 2 nitrogen and oxygen atoms in total. The Bertz CT molecular complexity index is 1380. The van der Waals surface area contributed by atoms with Crippen molar-refractivity contribution < 1.29 is 58.2 Å². The summed E-state index contributed by atoms with van der Waals surface area (Å²) in [6.07, 6.45) is 0. The molecule has 0 saturated carbocycles. The summed E-state index contributed by atoms with van der Waals surface area (Å²) in [7, 11) is -1.81. The fraction of sp³-hybridized carbons (Fsp3) is 0.267. The Kier molecular flexibility index (Phi) is 10.9. The molecule has 6 heteroatoms. The summed E-state index contributed by atoms with van der Waals surface area (Å²) in [4.78, 5) is 0. The second-order valence-electron chi connectivity index (χ2n) is 9.90. The first-order chi connectivity index (χ1) is 16.2. The van der Waals surface area contributed by atoms with Gasteiger partial charge in [0.1, 0.15) is 11.5 Å². The van der Waals surface area contributed by atoms with Gasteiger partial charge in [-0.15, -0.1) is 33.7 Å². The maximum atomic E-state index is 6.61. The normalized spacial score (nSPS) is 14.4. The van der Waals surface area contributed by atoms with Gasteiger partial charge in [-0.1, -0.05) is 66.2 Å². The van der Waals surface area contributed by atoms with E-state index in [1.807, 2.05) is 0 Å². The topological polar surface area (TPSA) is 18.5 Å². The van der Waals surface area contributed by atoms with Crippen molar-refractivity contribution >= 4 is 38.8 Å². The van der Waals surface area contributed by atoms with Crippen LogP contribution >= 0.6 is 0 Å². The van der Waals surface area contributed by atoms with Gasteiger partial charge in [0.05, 0.1) is 6.61 Å². The molecule has 4 aromatic rings. The number of halogens is 2. The molecule has 0 saturated heterocycles. The van der Waals surface area contributed by atoms with Crippen molar-refractivity contribution in [2.75, 3.05) is 6.61 Å². The summed E-state index contributed by atoms with van der Waals surface area (Å²) in [5.41, 5.74) is 3.72. The van der Waals surface area contributed by atoms with Crippen LogP contribution in [-0.2, 0) is 33.4 Å². The fourth-order valence-corrected chi connectivity index (χ4v) is 5.46. The standard InChI is InChI=1S/C27H27O2Si.C3H6.2ClH.Zr/c1-5-28-27-25(21-13-8-9-14-23(21)26(27)29-30(2,3)4)22-16-10-15-20-19-12-7-6-11-18(19)17-24(20)22;1-3-2;;;/h6-17,25H,5H2,1-4H3;1-2H3;2*1H;/q-1;;;;+2/p-2. The second kappa shape index (κ2) is 12.8. The number of benzene rings is 3. The van der Waals surface area contributed by atoms with Crippen molar-refractivity contribution in [2.24, 2.45) is 0 Å². The molecule has 0 N–H and O–H groups in total. The molecule has 5 rings (SSSR count). The van der Waals surface area contributed by atoms with Crippen LogP contribution in [0.15, 0.2) is 78.6 Å². The minimum absolute atomic E-state index is 0. The van der Waals surface area contributed by atoms with Crippen molar-refractivity contribution in [1.29, 1.82) is 0 Å². The zero-order valence-corrected chi connectivity index (χ0v) is 26.8. The minimum atomic E-state index is -1.81. The Morgan fingerprint density at radius 2 is 1.44 bits per heavy atom. The SMILES string of the molecule is CCOC1=C(O[Si](C)(C)C)c2ccccc2C1c1cccc2c1[cH-]c1ccccc12.C[C](C)=[Zr+2].[Cl-].[Cl-]. The van der Waals surface area contributed by atoms with Crippen LogP contribution in [0.25, 0.3) is 27.3 Å². The Morgan fingerprint density at radius 1 is 0.861 bits per heavy atom. The summed E-state index contributed by atoms with van der Waals surface area (Å²) >= 11 is 1.55. The number of ether oxygens (including phenoxy) is 1. The molecule has 0 amide bonds. The Hall–Kier alpha value is -1.58. The predicted molar refractivity (Wildman–Crippen MR) is 145 cm³/mol. The van der Waals surface area contributed by atoms with E-state index in [9.17, 15) is 0 Å². The van der Waals surface area contributed by atoms with Gasteiger partial charge in [-0.2, -0.15) is 0 Å². The molecule has 0 bridgehead atoms. The largest absolute Gasteiger partial charge is 1.00 e. The van der Waals surface area contributed by atoms with Crippen LogP contribution in [0.3, 0.4) is 0 Å². The maximum absolute atomic E-state index is 6.61. The van der Waals surface area contributed by atoms with Crippen molar-refractivity contribution in [3.63, 3.8) is 0 Å². The zero-order valence-electron chi connectivity index (χ0n) is 21.8. The number of hydrogen-bond acceptors (Lipinski definition) is 2. The third-order valence-corrected chi connectivity index (χ3v) is 6.53. The minimum Gasteiger partial charge on any atom is -1.00 e. The van der Waals surface area contributed by atoms with Gasteiger partial charge < -0.3 is 34.0 Å².